The second-order valence-electron chi connectivity index (χ2n) is 7.92. The number of amides is 3. The molecule has 4 rings (SSSR count). The molecule has 29 heavy (non-hydrogen) atoms. The maximum Gasteiger partial charge on any atom is 0.322 e. The maximum absolute atomic E-state index is 13.0. The van der Waals surface area contributed by atoms with E-state index < -0.39 is 0 Å². The lowest BCUT2D eigenvalue weighted by Gasteiger charge is -2.29. The van der Waals surface area contributed by atoms with Crippen LogP contribution in [0, 0.1) is 0 Å². The molecule has 0 radical (unpaired) electrons. The molecule has 158 valence electrons. The first kappa shape index (κ1) is 20.0. The molecule has 3 fully saturated rings. The van der Waals surface area contributed by atoms with Crippen molar-refractivity contribution in [2.24, 2.45) is 0 Å². The topological polar surface area (TPSA) is 83.1 Å². The van der Waals surface area contributed by atoms with E-state index in [9.17, 15) is 9.59 Å². The summed E-state index contributed by atoms with van der Waals surface area (Å²) in [4.78, 5) is 28.4. The summed E-state index contributed by atoms with van der Waals surface area (Å²) in [5, 5.41) is 5.83. The molecule has 0 aliphatic carbocycles. The molecule has 3 aliphatic heterocycles. The molecule has 8 nitrogen and oxygen atoms in total. The molecule has 3 amide bonds. The van der Waals surface area contributed by atoms with Gasteiger partial charge in [0.15, 0.2) is 0 Å². The average molecular weight is 402 g/mol. The van der Waals surface area contributed by atoms with Crippen LogP contribution >= 0.6 is 0 Å². The van der Waals surface area contributed by atoms with Crippen molar-refractivity contribution in [1.82, 2.24) is 10.2 Å². The summed E-state index contributed by atoms with van der Waals surface area (Å²) in [6, 6.07) is 7.53. The van der Waals surface area contributed by atoms with E-state index in [4.69, 9.17) is 9.47 Å². The van der Waals surface area contributed by atoms with Crippen LogP contribution in [0.5, 0.6) is 0 Å². The van der Waals surface area contributed by atoms with Gasteiger partial charge >= 0.3 is 6.03 Å². The molecule has 1 aromatic carbocycles. The fourth-order valence-electron chi connectivity index (χ4n) is 4.13. The van der Waals surface area contributed by atoms with Gasteiger partial charge in [-0.05, 0) is 49.9 Å². The summed E-state index contributed by atoms with van der Waals surface area (Å²) < 4.78 is 11.5. The Morgan fingerprint density at radius 2 is 1.76 bits per heavy atom. The quantitative estimate of drug-likeness (QED) is 0.758. The van der Waals surface area contributed by atoms with Gasteiger partial charge in [-0.3, -0.25) is 4.79 Å². The molecule has 3 aliphatic rings. The van der Waals surface area contributed by atoms with E-state index in [1.54, 1.807) is 0 Å². The predicted octanol–water partition coefficient (Wildman–Crippen LogP) is 1.81. The number of hydrogen-bond donors (Lipinski definition) is 2. The standard InChI is InChI=1S/C21H30N4O4/c26-20-15-24(10-9-22-20)17-7-5-16(6-8-17)23-21(27)25(13-18-3-1-11-28-18)14-19-4-2-12-29-19/h5-8,18-19H,1-4,9-15H2,(H,22,26)(H,23,27). The zero-order valence-electron chi connectivity index (χ0n) is 16.8. The van der Waals surface area contributed by atoms with Crippen molar-refractivity contribution >= 4 is 23.3 Å². The van der Waals surface area contributed by atoms with Crippen LogP contribution in [0.15, 0.2) is 24.3 Å². The lowest BCUT2D eigenvalue weighted by atomic mass is 10.2. The van der Waals surface area contributed by atoms with Crippen LogP contribution in [0.4, 0.5) is 16.2 Å². The summed E-state index contributed by atoms with van der Waals surface area (Å²) >= 11 is 0. The maximum atomic E-state index is 13.0. The smallest absolute Gasteiger partial charge is 0.322 e. The van der Waals surface area contributed by atoms with Crippen LogP contribution in [0.2, 0.25) is 0 Å². The van der Waals surface area contributed by atoms with Gasteiger partial charge in [-0.15, -0.1) is 0 Å². The van der Waals surface area contributed by atoms with Crippen molar-refractivity contribution in [2.75, 3.05) is 56.2 Å². The second kappa shape index (κ2) is 9.45. The SMILES string of the molecule is O=C1CN(c2ccc(NC(=O)N(CC3CCCO3)CC3CCCO3)cc2)CCN1. The molecule has 0 saturated carbocycles. The van der Waals surface area contributed by atoms with E-state index in [0.717, 1.165) is 56.8 Å². The highest BCUT2D eigenvalue weighted by molar-refractivity contribution is 5.89. The number of nitrogens with zero attached hydrogens (tertiary/aromatic N) is 2. The first-order chi connectivity index (χ1) is 14.2. The van der Waals surface area contributed by atoms with E-state index in [1.807, 2.05) is 34.1 Å². The number of rotatable bonds is 6. The molecule has 0 bridgehead atoms. The Bertz CT molecular complexity index is 681. The van der Waals surface area contributed by atoms with Gasteiger partial charge in [-0.25, -0.2) is 4.79 Å². The molecule has 3 heterocycles. The van der Waals surface area contributed by atoms with Gasteiger partial charge in [-0.2, -0.15) is 0 Å². The number of anilines is 2. The molecule has 0 aromatic heterocycles. The summed E-state index contributed by atoms with van der Waals surface area (Å²) in [5.41, 5.74) is 1.72. The van der Waals surface area contributed by atoms with E-state index in [2.05, 4.69) is 10.6 Å². The van der Waals surface area contributed by atoms with Gasteiger partial charge in [-0.1, -0.05) is 0 Å². The van der Waals surface area contributed by atoms with E-state index in [1.165, 1.54) is 0 Å². The van der Waals surface area contributed by atoms with Gasteiger partial charge in [0.1, 0.15) is 0 Å². The fourth-order valence-corrected chi connectivity index (χ4v) is 4.13. The van der Waals surface area contributed by atoms with Crippen LogP contribution in [-0.4, -0.2) is 75.0 Å². The van der Waals surface area contributed by atoms with Crippen LogP contribution in [0.1, 0.15) is 25.7 Å². The number of ether oxygens (including phenoxy) is 2. The van der Waals surface area contributed by atoms with Gasteiger partial charge in [0, 0.05) is 50.8 Å². The summed E-state index contributed by atoms with van der Waals surface area (Å²) in [6.45, 7) is 4.53. The van der Waals surface area contributed by atoms with Gasteiger partial charge in [0.25, 0.3) is 0 Å². The summed E-state index contributed by atoms with van der Waals surface area (Å²) in [5.74, 6) is 0.0348. The highest BCUT2D eigenvalue weighted by Crippen LogP contribution is 2.21. The highest BCUT2D eigenvalue weighted by atomic mass is 16.5. The minimum absolute atomic E-state index is 0.0348. The lowest BCUT2D eigenvalue weighted by molar-refractivity contribution is -0.120. The molecule has 3 saturated heterocycles. The summed E-state index contributed by atoms with van der Waals surface area (Å²) in [6.07, 6.45) is 4.30. The van der Waals surface area contributed by atoms with E-state index in [-0.39, 0.29) is 24.1 Å². The third-order valence-electron chi connectivity index (χ3n) is 5.71. The van der Waals surface area contributed by atoms with Crippen LogP contribution in [0.25, 0.3) is 0 Å². The van der Waals surface area contributed by atoms with Gasteiger partial charge in [0.05, 0.1) is 18.8 Å². The van der Waals surface area contributed by atoms with Crippen molar-refractivity contribution < 1.29 is 19.1 Å². The average Bonchev–Trinajstić information content (AvgIpc) is 3.42. The Balaban J connectivity index is 1.37. The van der Waals surface area contributed by atoms with Crippen LogP contribution in [-0.2, 0) is 14.3 Å². The van der Waals surface area contributed by atoms with Crippen molar-refractivity contribution in [2.45, 2.75) is 37.9 Å². The third kappa shape index (κ3) is 5.39. The van der Waals surface area contributed by atoms with Gasteiger partial charge in [0.2, 0.25) is 5.91 Å². The minimum atomic E-state index is -0.124. The Kier molecular flexibility index (Phi) is 6.51. The Labute approximate surface area is 171 Å². The number of carbonyl (C=O) groups is 2. The molecule has 2 unspecified atom stereocenters. The minimum Gasteiger partial charge on any atom is -0.376 e. The van der Waals surface area contributed by atoms with Gasteiger partial charge < -0.3 is 29.9 Å². The first-order valence-electron chi connectivity index (χ1n) is 10.6. The zero-order valence-corrected chi connectivity index (χ0v) is 16.8. The number of urea groups is 1. The predicted molar refractivity (Wildman–Crippen MR) is 110 cm³/mol. The molecule has 1 aromatic rings. The summed E-state index contributed by atoms with van der Waals surface area (Å²) in [7, 11) is 0. The molecule has 8 heteroatoms. The van der Waals surface area contributed by atoms with Crippen LogP contribution in [0.3, 0.4) is 0 Å². The number of nitrogens with one attached hydrogen (secondary N) is 2. The van der Waals surface area contributed by atoms with Crippen molar-refractivity contribution in [3.05, 3.63) is 24.3 Å². The zero-order chi connectivity index (χ0) is 20.1. The van der Waals surface area contributed by atoms with Crippen molar-refractivity contribution in [1.29, 1.82) is 0 Å². The van der Waals surface area contributed by atoms with E-state index in [0.29, 0.717) is 26.2 Å². The number of piperazine rings is 1. The number of carbonyl (C=O) groups excluding carboxylic acids is 2. The van der Waals surface area contributed by atoms with Crippen molar-refractivity contribution in [3.63, 3.8) is 0 Å². The largest absolute Gasteiger partial charge is 0.376 e. The molecular weight excluding hydrogens is 372 g/mol. The Hall–Kier alpha value is -2.32. The Morgan fingerprint density at radius 1 is 1.10 bits per heavy atom. The van der Waals surface area contributed by atoms with Crippen LogP contribution < -0.4 is 15.5 Å². The number of hydrogen-bond acceptors (Lipinski definition) is 5. The Morgan fingerprint density at radius 3 is 2.31 bits per heavy atom. The molecular formula is C21H30N4O4. The first-order valence-corrected chi connectivity index (χ1v) is 10.6. The van der Waals surface area contributed by atoms with E-state index >= 15 is 0 Å². The lowest BCUT2D eigenvalue weighted by Crippen LogP contribution is -2.47. The molecule has 0 spiro atoms. The monoisotopic (exact) mass is 402 g/mol. The second-order valence-corrected chi connectivity index (χ2v) is 7.92. The molecule has 2 atom stereocenters. The fraction of sp³-hybridized carbons (Fsp3) is 0.619. The molecule has 2 N–H and O–H groups in total. The van der Waals surface area contributed by atoms with Crippen molar-refractivity contribution in [3.8, 4) is 0 Å². The normalized spacial score (nSPS) is 24.4. The third-order valence-corrected chi connectivity index (χ3v) is 5.71. The number of benzene rings is 1. The highest BCUT2D eigenvalue weighted by Gasteiger charge is 2.27.